The second-order valence-corrected chi connectivity index (χ2v) is 8.98. The lowest BCUT2D eigenvalue weighted by atomic mass is 9.75. The van der Waals surface area contributed by atoms with Crippen molar-refractivity contribution in [2.75, 3.05) is 32.7 Å². The number of fused-ring (bicyclic) bond motifs is 1. The number of hydrogen-bond acceptors (Lipinski definition) is 2. The molecule has 3 rings (SSSR count). The molecule has 3 aliphatic rings. The standard InChI is InChI=1S/C18H34N2/c1-13(2)20-11-16-15(17(16)12-20)10-19-8-6-14(7-9-19)18(3,4)5/h13-17H,6-12H2,1-5H3/t15-,16-,17+. The van der Waals surface area contributed by atoms with E-state index in [2.05, 4.69) is 44.4 Å². The summed E-state index contributed by atoms with van der Waals surface area (Å²) in [7, 11) is 0. The lowest BCUT2D eigenvalue weighted by Gasteiger charge is -2.39. The molecule has 0 aromatic carbocycles. The van der Waals surface area contributed by atoms with Crippen LogP contribution in [0.5, 0.6) is 0 Å². The summed E-state index contributed by atoms with van der Waals surface area (Å²) in [6.07, 6.45) is 2.84. The molecule has 3 fully saturated rings. The highest BCUT2D eigenvalue weighted by Crippen LogP contribution is 2.52. The first-order valence-electron chi connectivity index (χ1n) is 8.82. The second-order valence-electron chi connectivity index (χ2n) is 8.98. The van der Waals surface area contributed by atoms with E-state index in [1.54, 1.807) is 0 Å². The van der Waals surface area contributed by atoms with Crippen LogP contribution in [0.25, 0.3) is 0 Å². The fourth-order valence-electron chi connectivity index (χ4n) is 4.65. The van der Waals surface area contributed by atoms with Crippen molar-refractivity contribution in [2.45, 2.75) is 53.5 Å². The van der Waals surface area contributed by atoms with Crippen LogP contribution in [0.15, 0.2) is 0 Å². The van der Waals surface area contributed by atoms with Crippen LogP contribution < -0.4 is 0 Å². The van der Waals surface area contributed by atoms with Gasteiger partial charge in [-0.1, -0.05) is 20.8 Å². The molecule has 1 saturated carbocycles. The van der Waals surface area contributed by atoms with Crippen molar-refractivity contribution >= 4 is 0 Å². The fraction of sp³-hybridized carbons (Fsp3) is 1.00. The molecule has 3 atom stereocenters. The predicted octanol–water partition coefficient (Wildman–Crippen LogP) is 3.33. The average molecular weight is 278 g/mol. The maximum atomic E-state index is 2.77. The Balaban J connectivity index is 1.40. The monoisotopic (exact) mass is 278 g/mol. The highest BCUT2D eigenvalue weighted by Gasteiger charge is 2.55. The lowest BCUT2D eigenvalue weighted by Crippen LogP contribution is -2.40. The summed E-state index contributed by atoms with van der Waals surface area (Å²) in [5.41, 5.74) is 0.514. The van der Waals surface area contributed by atoms with E-state index >= 15 is 0 Å². The van der Waals surface area contributed by atoms with Gasteiger partial charge in [0.1, 0.15) is 0 Å². The fourth-order valence-corrected chi connectivity index (χ4v) is 4.65. The SMILES string of the molecule is CC(C)N1C[C@@H]2[C@@H](CN3CCC(C(C)(C)C)CC3)[C@@H]2C1. The molecule has 0 spiro atoms. The van der Waals surface area contributed by atoms with Crippen molar-refractivity contribution in [2.24, 2.45) is 29.1 Å². The molecule has 2 heteroatoms. The zero-order valence-corrected chi connectivity index (χ0v) is 14.2. The molecule has 20 heavy (non-hydrogen) atoms. The first-order chi connectivity index (χ1) is 9.36. The van der Waals surface area contributed by atoms with Crippen LogP contribution in [0.4, 0.5) is 0 Å². The highest BCUT2D eigenvalue weighted by atomic mass is 15.2. The van der Waals surface area contributed by atoms with Crippen molar-refractivity contribution in [3.05, 3.63) is 0 Å². The molecular formula is C18H34N2. The molecule has 1 aliphatic carbocycles. The third kappa shape index (κ3) is 2.92. The van der Waals surface area contributed by atoms with Crippen molar-refractivity contribution in [3.63, 3.8) is 0 Å². The molecule has 0 unspecified atom stereocenters. The van der Waals surface area contributed by atoms with Gasteiger partial charge in [-0.2, -0.15) is 0 Å². The molecule has 0 radical (unpaired) electrons. The van der Waals surface area contributed by atoms with Gasteiger partial charge in [0.25, 0.3) is 0 Å². The topological polar surface area (TPSA) is 6.48 Å². The van der Waals surface area contributed by atoms with Crippen molar-refractivity contribution in [3.8, 4) is 0 Å². The van der Waals surface area contributed by atoms with Crippen LogP contribution in [0.1, 0.15) is 47.5 Å². The van der Waals surface area contributed by atoms with Crippen molar-refractivity contribution in [1.82, 2.24) is 9.80 Å². The molecule has 0 N–H and O–H groups in total. The molecule has 2 saturated heterocycles. The van der Waals surface area contributed by atoms with Gasteiger partial charge in [-0.3, -0.25) is 0 Å². The molecule has 0 amide bonds. The van der Waals surface area contributed by atoms with Gasteiger partial charge in [0.2, 0.25) is 0 Å². The normalized spacial score (nSPS) is 36.6. The van der Waals surface area contributed by atoms with Gasteiger partial charge in [-0.05, 0) is 68.9 Å². The van der Waals surface area contributed by atoms with Crippen LogP contribution in [0, 0.1) is 29.1 Å². The first-order valence-corrected chi connectivity index (χ1v) is 8.82. The van der Waals surface area contributed by atoms with Crippen LogP contribution in [0.3, 0.4) is 0 Å². The Bertz CT molecular complexity index is 324. The molecule has 2 heterocycles. The summed E-state index contributed by atoms with van der Waals surface area (Å²) in [5, 5.41) is 0. The van der Waals surface area contributed by atoms with Crippen LogP contribution in [-0.4, -0.2) is 48.6 Å². The minimum atomic E-state index is 0.514. The summed E-state index contributed by atoms with van der Waals surface area (Å²) in [6.45, 7) is 18.8. The molecule has 0 bridgehead atoms. The smallest absolute Gasteiger partial charge is 0.00388 e. The van der Waals surface area contributed by atoms with E-state index in [-0.39, 0.29) is 0 Å². The van der Waals surface area contributed by atoms with Crippen LogP contribution in [0.2, 0.25) is 0 Å². The Kier molecular flexibility index (Phi) is 3.92. The van der Waals surface area contributed by atoms with E-state index in [4.69, 9.17) is 0 Å². The molecule has 2 aliphatic heterocycles. The predicted molar refractivity (Wildman–Crippen MR) is 85.8 cm³/mol. The maximum absolute atomic E-state index is 2.77. The number of hydrogen-bond donors (Lipinski definition) is 0. The van der Waals surface area contributed by atoms with Crippen LogP contribution in [-0.2, 0) is 0 Å². The Morgan fingerprint density at radius 2 is 1.55 bits per heavy atom. The second kappa shape index (κ2) is 5.28. The summed E-state index contributed by atoms with van der Waals surface area (Å²) in [4.78, 5) is 5.45. The van der Waals surface area contributed by atoms with Gasteiger partial charge in [0.15, 0.2) is 0 Å². The summed E-state index contributed by atoms with van der Waals surface area (Å²) < 4.78 is 0. The largest absolute Gasteiger partial charge is 0.303 e. The zero-order chi connectivity index (χ0) is 14.5. The average Bonchev–Trinajstić information content (AvgIpc) is 2.83. The van der Waals surface area contributed by atoms with Gasteiger partial charge in [0.05, 0.1) is 0 Å². The Labute approximate surface area is 125 Å². The zero-order valence-electron chi connectivity index (χ0n) is 14.2. The van der Waals surface area contributed by atoms with E-state index in [0.29, 0.717) is 5.41 Å². The first kappa shape index (κ1) is 14.8. The summed E-state index contributed by atoms with van der Waals surface area (Å²) in [5.74, 6) is 4.06. The van der Waals surface area contributed by atoms with Crippen LogP contribution >= 0.6 is 0 Å². The molecule has 2 nitrogen and oxygen atoms in total. The number of rotatable bonds is 3. The summed E-state index contributed by atoms with van der Waals surface area (Å²) >= 11 is 0. The molecular weight excluding hydrogens is 244 g/mol. The maximum Gasteiger partial charge on any atom is 0.00388 e. The third-order valence-electron chi connectivity index (χ3n) is 6.41. The minimum absolute atomic E-state index is 0.514. The van der Waals surface area contributed by atoms with E-state index < -0.39 is 0 Å². The Morgan fingerprint density at radius 3 is 2.00 bits per heavy atom. The molecule has 0 aromatic rings. The molecule has 0 aromatic heterocycles. The summed E-state index contributed by atoms with van der Waals surface area (Å²) in [6, 6.07) is 0.756. The number of likely N-dealkylation sites (tertiary alicyclic amines) is 2. The minimum Gasteiger partial charge on any atom is -0.303 e. The van der Waals surface area contributed by atoms with Gasteiger partial charge in [0, 0.05) is 25.7 Å². The Morgan fingerprint density at radius 1 is 1.00 bits per heavy atom. The van der Waals surface area contributed by atoms with E-state index in [9.17, 15) is 0 Å². The lowest BCUT2D eigenvalue weighted by molar-refractivity contribution is 0.103. The van der Waals surface area contributed by atoms with E-state index in [1.807, 2.05) is 0 Å². The number of nitrogens with zero attached hydrogens (tertiary/aromatic N) is 2. The van der Waals surface area contributed by atoms with Gasteiger partial charge in [-0.25, -0.2) is 0 Å². The van der Waals surface area contributed by atoms with Gasteiger partial charge < -0.3 is 9.80 Å². The number of piperidine rings is 2. The third-order valence-corrected chi connectivity index (χ3v) is 6.41. The quantitative estimate of drug-likeness (QED) is 0.781. The van der Waals surface area contributed by atoms with Gasteiger partial charge in [-0.15, -0.1) is 0 Å². The van der Waals surface area contributed by atoms with E-state index in [1.165, 1.54) is 45.6 Å². The van der Waals surface area contributed by atoms with Crippen molar-refractivity contribution < 1.29 is 0 Å². The Hall–Kier alpha value is -0.0800. The highest BCUT2D eigenvalue weighted by molar-refractivity contribution is 5.06. The molecule has 116 valence electrons. The van der Waals surface area contributed by atoms with E-state index in [0.717, 1.165) is 29.7 Å². The van der Waals surface area contributed by atoms with Crippen molar-refractivity contribution in [1.29, 1.82) is 0 Å². The van der Waals surface area contributed by atoms with Gasteiger partial charge >= 0.3 is 0 Å².